The van der Waals surface area contributed by atoms with Crippen LogP contribution in [0.25, 0.3) is 0 Å². The first-order valence-electron chi connectivity index (χ1n) is 12.0. The molecule has 0 saturated carbocycles. The zero-order chi connectivity index (χ0) is 27.6. The summed E-state index contributed by atoms with van der Waals surface area (Å²) in [4.78, 5) is 26.8. The number of ether oxygens (including phenoxy) is 2. The molecule has 2 N–H and O–H groups in total. The number of benzene rings is 2. The van der Waals surface area contributed by atoms with Crippen molar-refractivity contribution in [2.45, 2.75) is 41.7 Å². The predicted molar refractivity (Wildman–Crippen MR) is 127 cm³/mol. The van der Waals surface area contributed by atoms with E-state index in [0.29, 0.717) is 25.9 Å². The molecule has 0 radical (unpaired) electrons. The number of sulfone groups is 1. The Kier molecular flexibility index (Phi) is 8.00. The Bertz CT molecular complexity index is 1260. The van der Waals surface area contributed by atoms with Crippen LogP contribution in [0.4, 0.5) is 13.2 Å². The molecule has 2 aromatic rings. The monoisotopic (exact) mass is 556 g/mol. The summed E-state index contributed by atoms with van der Waals surface area (Å²) in [6, 6.07) is 11.0. The van der Waals surface area contributed by atoms with E-state index in [1.165, 1.54) is 29.7 Å². The van der Waals surface area contributed by atoms with Gasteiger partial charge in [-0.2, -0.15) is 0 Å². The summed E-state index contributed by atoms with van der Waals surface area (Å²) in [7, 11) is -4.12. The van der Waals surface area contributed by atoms with Gasteiger partial charge >= 0.3 is 6.36 Å². The topological polar surface area (TPSA) is 122 Å². The van der Waals surface area contributed by atoms with E-state index in [1.54, 1.807) is 17.0 Å². The first-order chi connectivity index (χ1) is 17.9. The fourth-order valence-electron chi connectivity index (χ4n) is 4.95. The highest BCUT2D eigenvalue weighted by Crippen LogP contribution is 2.35. The number of hydrogen-bond donors (Lipinski definition) is 2. The molecule has 2 fully saturated rings. The van der Waals surface area contributed by atoms with Crippen LogP contribution in [0.1, 0.15) is 35.2 Å². The van der Waals surface area contributed by atoms with Gasteiger partial charge in [0.25, 0.3) is 11.8 Å². The molecule has 0 aromatic heterocycles. The Morgan fingerprint density at radius 1 is 1.08 bits per heavy atom. The number of hydrogen-bond acceptors (Lipinski definition) is 7. The molecule has 38 heavy (non-hydrogen) atoms. The normalized spacial score (nSPS) is 19.7. The first-order valence-corrected chi connectivity index (χ1v) is 13.4. The highest BCUT2D eigenvalue weighted by molar-refractivity contribution is 7.93. The number of alkyl halides is 3. The maximum atomic E-state index is 13.4. The molecule has 9 nitrogen and oxygen atoms in total. The molecule has 0 spiro atoms. The number of carbonyl (C=O) groups is 2. The van der Waals surface area contributed by atoms with Gasteiger partial charge in [0.15, 0.2) is 14.6 Å². The summed E-state index contributed by atoms with van der Waals surface area (Å²) in [5.41, 5.74) is 2.60. The maximum Gasteiger partial charge on any atom is 0.573 e. The summed E-state index contributed by atoms with van der Waals surface area (Å²) < 4.78 is 71.0. The van der Waals surface area contributed by atoms with Gasteiger partial charge in [-0.25, -0.2) is 13.9 Å². The van der Waals surface area contributed by atoms with E-state index < -0.39 is 32.6 Å². The van der Waals surface area contributed by atoms with E-state index in [2.05, 4.69) is 4.74 Å². The molecule has 0 unspecified atom stereocenters. The van der Waals surface area contributed by atoms with Crippen molar-refractivity contribution >= 4 is 21.7 Å². The minimum Gasteiger partial charge on any atom is -0.406 e. The lowest BCUT2D eigenvalue weighted by molar-refractivity contribution is -0.274. The van der Waals surface area contributed by atoms with Crippen LogP contribution >= 0.6 is 0 Å². The summed E-state index contributed by atoms with van der Waals surface area (Å²) in [6.45, 7) is 1.08. The summed E-state index contributed by atoms with van der Waals surface area (Å²) in [6.07, 6.45) is -3.67. The molecule has 2 aliphatic rings. The molecule has 0 bridgehead atoms. The highest BCUT2D eigenvalue weighted by Gasteiger charge is 2.52. The molecular weight excluding hydrogens is 529 g/mol. The second kappa shape index (κ2) is 10.9. The Morgan fingerprint density at radius 3 is 2.29 bits per heavy atom. The van der Waals surface area contributed by atoms with Gasteiger partial charge in [-0.3, -0.25) is 14.8 Å². The molecule has 1 atom stereocenters. The van der Waals surface area contributed by atoms with Crippen molar-refractivity contribution in [1.82, 2.24) is 10.4 Å². The predicted octanol–water partition coefficient (Wildman–Crippen LogP) is 3.12. The minimum absolute atomic E-state index is 0.0343. The van der Waals surface area contributed by atoms with Crippen LogP contribution in [-0.4, -0.2) is 67.8 Å². The zero-order valence-corrected chi connectivity index (χ0v) is 21.1. The standard InChI is InChI=1S/C25H27F3N2O7S/c26-25(27,28)37-20-5-3-19(4-6-20)22(31)30-12-9-18(16-30)15-17-1-7-21(8-2-17)38(34,35)24(23(32)29-33)10-13-36-14-11-24/h1-8,18,33H,9-16H2,(H,29,32)/t18-/m0/s1. The van der Waals surface area contributed by atoms with Crippen LogP contribution in [0.3, 0.4) is 0 Å². The van der Waals surface area contributed by atoms with Crippen LogP contribution in [0.5, 0.6) is 5.75 Å². The second-order valence-electron chi connectivity index (χ2n) is 9.38. The number of carbonyl (C=O) groups excluding carboxylic acids is 2. The van der Waals surface area contributed by atoms with E-state index >= 15 is 0 Å². The van der Waals surface area contributed by atoms with Gasteiger partial charge in [0.1, 0.15) is 5.75 Å². The minimum atomic E-state index is -4.81. The second-order valence-corrected chi connectivity index (χ2v) is 11.6. The zero-order valence-electron chi connectivity index (χ0n) is 20.2. The van der Waals surface area contributed by atoms with Crippen molar-refractivity contribution in [3.8, 4) is 5.75 Å². The van der Waals surface area contributed by atoms with E-state index in [1.807, 2.05) is 0 Å². The van der Waals surface area contributed by atoms with Crippen LogP contribution in [0, 0.1) is 5.92 Å². The van der Waals surface area contributed by atoms with Crippen LogP contribution in [0.15, 0.2) is 53.4 Å². The Morgan fingerprint density at radius 2 is 1.71 bits per heavy atom. The van der Waals surface area contributed by atoms with Crippen molar-refractivity contribution < 1.29 is 45.9 Å². The molecule has 206 valence electrons. The highest BCUT2D eigenvalue weighted by atomic mass is 32.2. The summed E-state index contributed by atoms with van der Waals surface area (Å²) in [5, 5.41) is 9.17. The van der Waals surface area contributed by atoms with Gasteiger partial charge in [-0.05, 0) is 73.6 Å². The quantitative estimate of drug-likeness (QED) is 0.397. The number of nitrogens with one attached hydrogen (secondary N) is 1. The number of amides is 2. The molecule has 2 aromatic carbocycles. The van der Waals surface area contributed by atoms with E-state index in [9.17, 15) is 36.4 Å². The fourth-order valence-corrected chi connectivity index (χ4v) is 6.89. The number of hydroxylamine groups is 1. The Balaban J connectivity index is 1.39. The van der Waals surface area contributed by atoms with Gasteiger partial charge in [-0.15, -0.1) is 13.2 Å². The van der Waals surface area contributed by atoms with Gasteiger partial charge in [0.2, 0.25) is 0 Å². The van der Waals surface area contributed by atoms with Gasteiger partial charge < -0.3 is 14.4 Å². The smallest absolute Gasteiger partial charge is 0.406 e. The maximum absolute atomic E-state index is 13.4. The largest absolute Gasteiger partial charge is 0.573 e. The molecular formula is C25H27F3N2O7S. The lowest BCUT2D eigenvalue weighted by atomic mass is 9.98. The van der Waals surface area contributed by atoms with Crippen LogP contribution in [0.2, 0.25) is 0 Å². The number of halogens is 3. The molecule has 2 heterocycles. The molecule has 4 rings (SSSR count). The SMILES string of the molecule is O=C(c1ccc(OC(F)(F)F)cc1)N1CC[C@@H](Cc2ccc(S(=O)(=O)C3(C(=O)NO)CCOCC3)cc2)C1. The van der Waals surface area contributed by atoms with Crippen molar-refractivity contribution in [2.24, 2.45) is 5.92 Å². The van der Waals surface area contributed by atoms with Crippen LogP contribution in [-0.2, 0) is 25.8 Å². The average Bonchev–Trinajstić information content (AvgIpc) is 3.36. The van der Waals surface area contributed by atoms with Crippen molar-refractivity contribution in [1.29, 1.82) is 0 Å². The fraction of sp³-hybridized carbons (Fsp3) is 0.440. The van der Waals surface area contributed by atoms with Gasteiger partial charge in [0, 0.05) is 31.9 Å². The third-order valence-corrected chi connectivity index (χ3v) is 9.51. The van der Waals surface area contributed by atoms with Gasteiger partial charge in [-0.1, -0.05) is 12.1 Å². The van der Waals surface area contributed by atoms with Crippen molar-refractivity contribution in [3.05, 3.63) is 59.7 Å². The van der Waals surface area contributed by atoms with E-state index in [4.69, 9.17) is 4.74 Å². The number of nitrogens with zero attached hydrogens (tertiary/aromatic N) is 1. The van der Waals surface area contributed by atoms with Crippen molar-refractivity contribution in [2.75, 3.05) is 26.3 Å². The Labute approximate surface area is 217 Å². The Hall–Kier alpha value is -3.16. The van der Waals surface area contributed by atoms with Crippen molar-refractivity contribution in [3.63, 3.8) is 0 Å². The van der Waals surface area contributed by atoms with Gasteiger partial charge in [0.05, 0.1) is 4.90 Å². The number of likely N-dealkylation sites (tertiary alicyclic amines) is 1. The molecule has 2 saturated heterocycles. The molecule has 0 aliphatic carbocycles. The van der Waals surface area contributed by atoms with E-state index in [0.717, 1.165) is 17.7 Å². The third kappa shape index (κ3) is 5.79. The average molecular weight is 557 g/mol. The first kappa shape index (κ1) is 27.9. The molecule has 13 heteroatoms. The summed E-state index contributed by atoms with van der Waals surface area (Å²) in [5.74, 6) is -1.57. The lowest BCUT2D eigenvalue weighted by Gasteiger charge is -2.34. The lowest BCUT2D eigenvalue weighted by Crippen LogP contribution is -2.54. The number of rotatable bonds is 7. The molecule has 2 aliphatic heterocycles. The third-order valence-electron chi connectivity index (χ3n) is 7.00. The summed E-state index contributed by atoms with van der Waals surface area (Å²) >= 11 is 0. The molecule has 2 amide bonds. The van der Waals surface area contributed by atoms with E-state index in [-0.39, 0.29) is 48.3 Å². The van der Waals surface area contributed by atoms with Crippen LogP contribution < -0.4 is 10.2 Å².